The highest BCUT2D eigenvalue weighted by atomic mass is 32.2. The first-order chi connectivity index (χ1) is 4.41. The van der Waals surface area contributed by atoms with Crippen molar-refractivity contribution in [2.75, 3.05) is 11.5 Å². The van der Waals surface area contributed by atoms with Crippen LogP contribution in [0.1, 0.15) is 13.3 Å². The van der Waals surface area contributed by atoms with E-state index in [9.17, 15) is 0 Å². The van der Waals surface area contributed by atoms with Gasteiger partial charge in [0.25, 0.3) is 0 Å². The van der Waals surface area contributed by atoms with Gasteiger partial charge in [-0.2, -0.15) is 11.8 Å². The Morgan fingerprint density at radius 3 is 3.00 bits per heavy atom. The molecule has 0 aliphatic heterocycles. The molecule has 0 saturated heterocycles. The SMILES string of the molecule is C#CCCSC/C=C/C. The fraction of sp³-hybridized carbons (Fsp3) is 0.500. The van der Waals surface area contributed by atoms with Gasteiger partial charge in [-0.1, -0.05) is 12.2 Å². The van der Waals surface area contributed by atoms with Crippen LogP contribution in [0.3, 0.4) is 0 Å². The lowest BCUT2D eigenvalue weighted by Crippen LogP contribution is -1.76. The highest BCUT2D eigenvalue weighted by Crippen LogP contribution is 2.00. The highest BCUT2D eigenvalue weighted by molar-refractivity contribution is 7.99. The van der Waals surface area contributed by atoms with Crippen LogP contribution in [-0.4, -0.2) is 11.5 Å². The Morgan fingerprint density at radius 2 is 2.44 bits per heavy atom. The first kappa shape index (κ1) is 8.65. The van der Waals surface area contributed by atoms with Gasteiger partial charge in [0.15, 0.2) is 0 Å². The summed E-state index contributed by atoms with van der Waals surface area (Å²) in [5.41, 5.74) is 0. The smallest absolute Gasteiger partial charge is 0.0177 e. The summed E-state index contributed by atoms with van der Waals surface area (Å²) in [5.74, 6) is 4.78. The lowest BCUT2D eigenvalue weighted by Gasteiger charge is -1.89. The van der Waals surface area contributed by atoms with Crippen molar-refractivity contribution in [3.05, 3.63) is 12.2 Å². The van der Waals surface area contributed by atoms with E-state index in [4.69, 9.17) is 6.42 Å². The highest BCUT2D eigenvalue weighted by Gasteiger charge is 1.80. The summed E-state index contributed by atoms with van der Waals surface area (Å²) in [6, 6.07) is 0. The van der Waals surface area contributed by atoms with Gasteiger partial charge in [0.05, 0.1) is 0 Å². The van der Waals surface area contributed by atoms with E-state index in [0.717, 1.165) is 17.9 Å². The number of rotatable bonds is 4. The Hall–Kier alpha value is -0.350. The molecular weight excluding hydrogens is 128 g/mol. The van der Waals surface area contributed by atoms with E-state index in [1.54, 1.807) is 0 Å². The molecule has 0 nitrogen and oxygen atoms in total. The molecule has 0 rings (SSSR count). The average molecular weight is 140 g/mol. The summed E-state index contributed by atoms with van der Waals surface area (Å²) in [4.78, 5) is 0. The third-order valence-corrected chi connectivity index (χ3v) is 1.76. The molecule has 0 heterocycles. The summed E-state index contributed by atoms with van der Waals surface area (Å²) in [6.45, 7) is 2.03. The van der Waals surface area contributed by atoms with Gasteiger partial charge in [0.1, 0.15) is 0 Å². The summed E-state index contributed by atoms with van der Waals surface area (Å²) in [7, 11) is 0. The van der Waals surface area contributed by atoms with Gasteiger partial charge >= 0.3 is 0 Å². The second-order valence-electron chi connectivity index (χ2n) is 1.60. The van der Waals surface area contributed by atoms with Crippen molar-refractivity contribution in [2.45, 2.75) is 13.3 Å². The molecule has 0 N–H and O–H groups in total. The molecule has 9 heavy (non-hydrogen) atoms. The van der Waals surface area contributed by atoms with E-state index in [2.05, 4.69) is 18.1 Å². The van der Waals surface area contributed by atoms with Crippen LogP contribution in [0.15, 0.2) is 12.2 Å². The molecule has 0 aromatic heterocycles. The number of hydrogen-bond acceptors (Lipinski definition) is 1. The number of allylic oxidation sites excluding steroid dienone is 1. The number of hydrogen-bond donors (Lipinski definition) is 0. The Morgan fingerprint density at radius 1 is 1.67 bits per heavy atom. The van der Waals surface area contributed by atoms with Crippen LogP contribution >= 0.6 is 11.8 Å². The average Bonchev–Trinajstić information content (AvgIpc) is 1.89. The molecule has 0 fully saturated rings. The fourth-order valence-electron chi connectivity index (χ4n) is 0.379. The third kappa shape index (κ3) is 7.65. The molecule has 0 saturated carbocycles. The number of thioether (sulfide) groups is 1. The van der Waals surface area contributed by atoms with Crippen LogP contribution in [0.25, 0.3) is 0 Å². The van der Waals surface area contributed by atoms with Gasteiger partial charge < -0.3 is 0 Å². The lowest BCUT2D eigenvalue weighted by atomic mass is 10.5. The minimum absolute atomic E-state index is 0.891. The normalized spacial score (nSPS) is 9.78. The molecule has 0 aromatic carbocycles. The van der Waals surface area contributed by atoms with E-state index < -0.39 is 0 Å². The van der Waals surface area contributed by atoms with Crippen LogP contribution in [0.2, 0.25) is 0 Å². The van der Waals surface area contributed by atoms with Gasteiger partial charge in [-0.15, -0.1) is 12.3 Å². The van der Waals surface area contributed by atoms with Gasteiger partial charge in [-0.05, 0) is 6.92 Å². The van der Waals surface area contributed by atoms with Crippen LogP contribution < -0.4 is 0 Å². The van der Waals surface area contributed by atoms with E-state index in [1.807, 2.05) is 18.7 Å². The molecule has 0 spiro atoms. The topological polar surface area (TPSA) is 0 Å². The van der Waals surface area contributed by atoms with Gasteiger partial charge in [-0.3, -0.25) is 0 Å². The van der Waals surface area contributed by atoms with Crippen LogP contribution in [-0.2, 0) is 0 Å². The molecule has 0 unspecified atom stereocenters. The summed E-state index contributed by atoms with van der Waals surface area (Å²) >= 11 is 1.87. The van der Waals surface area contributed by atoms with Crippen molar-refractivity contribution in [1.29, 1.82) is 0 Å². The summed E-state index contributed by atoms with van der Waals surface area (Å²) in [5, 5.41) is 0. The molecule has 0 atom stereocenters. The molecule has 0 aliphatic rings. The molecule has 0 aromatic rings. The zero-order valence-corrected chi connectivity index (χ0v) is 6.58. The predicted molar refractivity (Wildman–Crippen MR) is 45.6 cm³/mol. The minimum atomic E-state index is 0.891. The second kappa shape index (κ2) is 7.65. The molecule has 0 amide bonds. The van der Waals surface area contributed by atoms with Crippen LogP contribution in [0.5, 0.6) is 0 Å². The summed E-state index contributed by atoms with van der Waals surface area (Å²) in [6.07, 6.45) is 10.2. The van der Waals surface area contributed by atoms with Crippen molar-refractivity contribution in [2.24, 2.45) is 0 Å². The first-order valence-corrected chi connectivity index (χ1v) is 4.19. The van der Waals surface area contributed by atoms with Crippen molar-refractivity contribution in [3.63, 3.8) is 0 Å². The maximum Gasteiger partial charge on any atom is 0.0177 e. The molecule has 50 valence electrons. The third-order valence-electron chi connectivity index (χ3n) is 0.841. The molecule has 0 aliphatic carbocycles. The minimum Gasteiger partial charge on any atom is -0.157 e. The van der Waals surface area contributed by atoms with Gasteiger partial charge in [-0.25, -0.2) is 0 Å². The monoisotopic (exact) mass is 140 g/mol. The van der Waals surface area contributed by atoms with E-state index in [0.29, 0.717) is 0 Å². The fourth-order valence-corrected chi connectivity index (χ4v) is 1.14. The molecule has 1 heteroatoms. The Balaban J connectivity index is 2.85. The second-order valence-corrected chi connectivity index (χ2v) is 2.75. The van der Waals surface area contributed by atoms with Crippen molar-refractivity contribution < 1.29 is 0 Å². The van der Waals surface area contributed by atoms with Crippen LogP contribution in [0, 0.1) is 12.3 Å². The largest absolute Gasteiger partial charge is 0.157 e. The number of terminal acetylenes is 1. The van der Waals surface area contributed by atoms with Gasteiger partial charge in [0.2, 0.25) is 0 Å². The van der Waals surface area contributed by atoms with Crippen molar-refractivity contribution in [1.82, 2.24) is 0 Å². The maximum atomic E-state index is 5.06. The van der Waals surface area contributed by atoms with E-state index in [1.165, 1.54) is 0 Å². The Labute approximate surface area is 61.7 Å². The quantitative estimate of drug-likeness (QED) is 0.328. The van der Waals surface area contributed by atoms with Gasteiger partial charge in [0, 0.05) is 17.9 Å². The molecular formula is C8H12S. The van der Waals surface area contributed by atoms with Crippen molar-refractivity contribution >= 4 is 11.8 Å². The van der Waals surface area contributed by atoms with Crippen molar-refractivity contribution in [3.8, 4) is 12.3 Å². The summed E-state index contributed by atoms with van der Waals surface area (Å²) < 4.78 is 0. The zero-order chi connectivity index (χ0) is 6.95. The van der Waals surface area contributed by atoms with E-state index >= 15 is 0 Å². The lowest BCUT2D eigenvalue weighted by molar-refractivity contribution is 1.30. The predicted octanol–water partition coefficient (Wildman–Crippen LogP) is 2.32. The zero-order valence-electron chi connectivity index (χ0n) is 5.76. The first-order valence-electron chi connectivity index (χ1n) is 3.04. The van der Waals surface area contributed by atoms with E-state index in [-0.39, 0.29) is 0 Å². The standard InChI is InChI=1S/C8H12S/c1-3-5-7-9-8-6-4-2/h1,4,6H,5,7-8H2,2H3/b6-4+. The Kier molecular flexibility index (Phi) is 7.35. The maximum absolute atomic E-state index is 5.06. The molecule has 0 bridgehead atoms. The Bertz CT molecular complexity index is 108. The molecule has 0 radical (unpaired) electrons. The van der Waals surface area contributed by atoms with Crippen LogP contribution in [0.4, 0.5) is 0 Å².